The van der Waals surface area contributed by atoms with E-state index in [1.165, 1.54) is 0 Å². The van der Waals surface area contributed by atoms with Crippen molar-refractivity contribution in [2.75, 3.05) is 19.7 Å². The molecule has 0 aromatic rings. The second kappa shape index (κ2) is 5.20. The molecule has 14 heavy (non-hydrogen) atoms. The number of aliphatic hydroxyl groups is 1. The summed E-state index contributed by atoms with van der Waals surface area (Å²) in [5, 5.41) is 9.37. The van der Waals surface area contributed by atoms with Crippen molar-refractivity contribution in [3.8, 4) is 0 Å². The lowest BCUT2D eigenvalue weighted by atomic mass is 9.92. The Morgan fingerprint density at radius 1 is 1.57 bits per heavy atom. The Kier molecular flexibility index (Phi) is 4.20. The number of nitrogens with zero attached hydrogens (tertiary/aromatic N) is 1. The number of carbonyl (C=O) groups is 1. The summed E-state index contributed by atoms with van der Waals surface area (Å²) >= 11 is 0. The normalized spacial score (nSPS) is 20.6. The van der Waals surface area contributed by atoms with Crippen LogP contribution in [0.25, 0.3) is 0 Å². The molecule has 4 heteroatoms. The molecule has 82 valence electrons. The second-order valence-electron chi connectivity index (χ2n) is 3.76. The van der Waals surface area contributed by atoms with E-state index in [9.17, 15) is 9.90 Å². The number of ether oxygens (including phenoxy) is 1. The fourth-order valence-electron chi connectivity index (χ4n) is 1.78. The number of piperidine rings is 1. The largest absolute Gasteiger partial charge is 0.450 e. The van der Waals surface area contributed by atoms with Crippen molar-refractivity contribution >= 4 is 6.09 Å². The molecule has 1 heterocycles. The van der Waals surface area contributed by atoms with Crippen molar-refractivity contribution in [1.29, 1.82) is 0 Å². The van der Waals surface area contributed by atoms with Gasteiger partial charge >= 0.3 is 6.09 Å². The summed E-state index contributed by atoms with van der Waals surface area (Å²) in [6.07, 6.45) is 1.25. The Morgan fingerprint density at radius 2 is 2.14 bits per heavy atom. The van der Waals surface area contributed by atoms with Crippen LogP contribution in [0.1, 0.15) is 26.7 Å². The Bertz CT molecular complexity index is 186. The van der Waals surface area contributed by atoms with Crippen molar-refractivity contribution in [1.82, 2.24) is 4.90 Å². The zero-order chi connectivity index (χ0) is 10.6. The van der Waals surface area contributed by atoms with Gasteiger partial charge in [-0.2, -0.15) is 0 Å². The third-order valence-electron chi connectivity index (χ3n) is 2.75. The number of likely N-dealkylation sites (tertiary alicyclic amines) is 1. The molecule has 1 amide bonds. The minimum Gasteiger partial charge on any atom is -0.450 e. The van der Waals surface area contributed by atoms with Gasteiger partial charge in [-0.1, -0.05) is 0 Å². The zero-order valence-electron chi connectivity index (χ0n) is 8.90. The lowest BCUT2D eigenvalue weighted by Gasteiger charge is -2.32. The van der Waals surface area contributed by atoms with E-state index in [1.54, 1.807) is 11.8 Å². The first-order chi connectivity index (χ1) is 6.65. The van der Waals surface area contributed by atoms with Crippen molar-refractivity contribution in [3.63, 3.8) is 0 Å². The van der Waals surface area contributed by atoms with E-state index >= 15 is 0 Å². The average molecular weight is 201 g/mol. The monoisotopic (exact) mass is 201 g/mol. The summed E-state index contributed by atoms with van der Waals surface area (Å²) in [5.74, 6) is 0.334. The van der Waals surface area contributed by atoms with Gasteiger partial charge in [0.25, 0.3) is 0 Å². The first-order valence-corrected chi connectivity index (χ1v) is 5.25. The van der Waals surface area contributed by atoms with Gasteiger partial charge in [0.05, 0.1) is 12.7 Å². The van der Waals surface area contributed by atoms with E-state index < -0.39 is 0 Å². The highest BCUT2D eigenvalue weighted by Gasteiger charge is 2.25. The Hall–Kier alpha value is -0.770. The first kappa shape index (κ1) is 11.3. The number of aliphatic hydroxyl groups excluding tert-OH is 1. The van der Waals surface area contributed by atoms with Gasteiger partial charge in [0, 0.05) is 13.1 Å². The number of hydrogen-bond acceptors (Lipinski definition) is 3. The molecule has 0 radical (unpaired) electrons. The molecule has 1 aliphatic rings. The summed E-state index contributed by atoms with van der Waals surface area (Å²) in [6.45, 7) is 5.45. The van der Waals surface area contributed by atoms with Gasteiger partial charge in [-0.25, -0.2) is 4.79 Å². The van der Waals surface area contributed by atoms with Crippen molar-refractivity contribution in [3.05, 3.63) is 0 Å². The van der Waals surface area contributed by atoms with Crippen LogP contribution in [0, 0.1) is 5.92 Å². The maximum Gasteiger partial charge on any atom is 0.409 e. The fourth-order valence-corrected chi connectivity index (χ4v) is 1.78. The van der Waals surface area contributed by atoms with Crippen LogP contribution in [0.3, 0.4) is 0 Å². The molecule has 1 rings (SSSR count). The smallest absolute Gasteiger partial charge is 0.409 e. The highest BCUT2D eigenvalue weighted by atomic mass is 16.6. The Labute approximate surface area is 84.8 Å². The lowest BCUT2D eigenvalue weighted by molar-refractivity contribution is 0.0570. The second-order valence-corrected chi connectivity index (χ2v) is 3.76. The number of hydrogen-bond donors (Lipinski definition) is 1. The van der Waals surface area contributed by atoms with Crippen LogP contribution >= 0.6 is 0 Å². The van der Waals surface area contributed by atoms with E-state index in [-0.39, 0.29) is 12.2 Å². The molecule has 1 atom stereocenters. The van der Waals surface area contributed by atoms with Crippen LogP contribution < -0.4 is 0 Å². The fraction of sp³-hybridized carbons (Fsp3) is 0.900. The van der Waals surface area contributed by atoms with Gasteiger partial charge in [0.2, 0.25) is 0 Å². The molecule has 1 saturated heterocycles. The van der Waals surface area contributed by atoms with Gasteiger partial charge in [-0.15, -0.1) is 0 Å². The molecular weight excluding hydrogens is 182 g/mol. The van der Waals surface area contributed by atoms with Crippen molar-refractivity contribution in [2.45, 2.75) is 32.8 Å². The molecule has 1 aliphatic heterocycles. The first-order valence-electron chi connectivity index (χ1n) is 5.25. The minimum atomic E-state index is -0.264. The van der Waals surface area contributed by atoms with Gasteiger partial charge in [0.1, 0.15) is 0 Å². The predicted octanol–water partition coefficient (Wildman–Crippen LogP) is 1.24. The number of rotatable bonds is 2. The maximum atomic E-state index is 11.3. The van der Waals surface area contributed by atoms with E-state index in [2.05, 4.69) is 0 Å². The minimum absolute atomic E-state index is 0.225. The molecule has 0 bridgehead atoms. The maximum absolute atomic E-state index is 11.3. The molecule has 0 spiro atoms. The summed E-state index contributed by atoms with van der Waals surface area (Å²) in [6, 6.07) is 0. The van der Waals surface area contributed by atoms with E-state index in [0.29, 0.717) is 25.6 Å². The van der Waals surface area contributed by atoms with Crippen LogP contribution in [0.4, 0.5) is 4.79 Å². The highest BCUT2D eigenvalue weighted by molar-refractivity contribution is 5.67. The lowest BCUT2D eigenvalue weighted by Crippen LogP contribution is -2.41. The SMILES string of the molecule is CCOC(=O)N1CCC(C(C)O)CC1. The number of amides is 1. The molecule has 1 unspecified atom stereocenters. The average Bonchev–Trinajstić information content (AvgIpc) is 2.18. The molecule has 1 fully saturated rings. The van der Waals surface area contributed by atoms with Crippen molar-refractivity contribution in [2.24, 2.45) is 5.92 Å². The third kappa shape index (κ3) is 2.87. The summed E-state index contributed by atoms with van der Waals surface area (Å²) < 4.78 is 4.90. The number of carbonyl (C=O) groups excluding carboxylic acids is 1. The van der Waals surface area contributed by atoms with E-state index in [1.807, 2.05) is 6.92 Å². The van der Waals surface area contributed by atoms with Crippen LogP contribution in [0.5, 0.6) is 0 Å². The Balaban J connectivity index is 2.31. The highest BCUT2D eigenvalue weighted by Crippen LogP contribution is 2.20. The standard InChI is InChI=1S/C10H19NO3/c1-3-14-10(13)11-6-4-9(5-7-11)8(2)12/h8-9,12H,3-7H2,1-2H3. The molecule has 0 saturated carbocycles. The zero-order valence-corrected chi connectivity index (χ0v) is 8.90. The molecule has 0 aliphatic carbocycles. The Morgan fingerprint density at radius 3 is 2.57 bits per heavy atom. The van der Waals surface area contributed by atoms with Crippen LogP contribution in [-0.4, -0.2) is 41.9 Å². The topological polar surface area (TPSA) is 49.8 Å². The third-order valence-corrected chi connectivity index (χ3v) is 2.75. The summed E-state index contributed by atoms with van der Waals surface area (Å²) in [5.41, 5.74) is 0. The molecule has 0 aromatic carbocycles. The molecule has 1 N–H and O–H groups in total. The van der Waals surface area contributed by atoms with Crippen LogP contribution in [0.2, 0.25) is 0 Å². The van der Waals surface area contributed by atoms with Gasteiger partial charge in [-0.3, -0.25) is 0 Å². The molecular formula is C10H19NO3. The van der Waals surface area contributed by atoms with Crippen molar-refractivity contribution < 1.29 is 14.6 Å². The van der Waals surface area contributed by atoms with Gasteiger partial charge in [0.15, 0.2) is 0 Å². The summed E-state index contributed by atoms with van der Waals surface area (Å²) in [4.78, 5) is 13.0. The van der Waals surface area contributed by atoms with Gasteiger partial charge in [-0.05, 0) is 32.6 Å². The van der Waals surface area contributed by atoms with E-state index in [4.69, 9.17) is 4.74 Å². The van der Waals surface area contributed by atoms with Crippen LogP contribution in [-0.2, 0) is 4.74 Å². The van der Waals surface area contributed by atoms with E-state index in [0.717, 1.165) is 12.8 Å². The molecule has 4 nitrogen and oxygen atoms in total. The summed E-state index contributed by atoms with van der Waals surface area (Å²) in [7, 11) is 0. The quantitative estimate of drug-likeness (QED) is 0.731. The van der Waals surface area contributed by atoms with Crippen LogP contribution in [0.15, 0.2) is 0 Å². The molecule has 0 aromatic heterocycles. The predicted molar refractivity (Wildman–Crippen MR) is 53.0 cm³/mol. The van der Waals surface area contributed by atoms with Gasteiger partial charge < -0.3 is 14.7 Å².